The highest BCUT2D eigenvalue weighted by Crippen LogP contribution is 2.25. The molecule has 0 amide bonds. The average molecular weight is 233 g/mol. The van der Waals surface area contributed by atoms with Gasteiger partial charge < -0.3 is 10.2 Å². The molecule has 17 heavy (non-hydrogen) atoms. The number of hydrogen-bond donors (Lipinski definition) is 1. The Kier molecular flexibility index (Phi) is 4.37. The molecule has 1 atom stereocenters. The first-order chi connectivity index (χ1) is 8.33. The molecule has 2 heterocycles. The summed E-state index contributed by atoms with van der Waals surface area (Å²) in [6.45, 7) is 8.68. The van der Waals surface area contributed by atoms with E-state index in [2.05, 4.69) is 41.2 Å². The Balaban J connectivity index is 2.01. The van der Waals surface area contributed by atoms with Crippen LogP contribution >= 0.6 is 0 Å². The molecule has 2 rings (SSSR count). The molecular formula is C14H23N3. The fraction of sp³-hybridized carbons (Fsp3) is 0.643. The molecule has 3 nitrogen and oxygen atoms in total. The first-order valence-corrected chi connectivity index (χ1v) is 6.74. The van der Waals surface area contributed by atoms with Crippen LogP contribution in [0.25, 0.3) is 0 Å². The summed E-state index contributed by atoms with van der Waals surface area (Å²) < 4.78 is 0. The molecule has 94 valence electrons. The first kappa shape index (κ1) is 12.4. The van der Waals surface area contributed by atoms with Crippen molar-refractivity contribution < 1.29 is 0 Å². The van der Waals surface area contributed by atoms with E-state index in [1.165, 1.54) is 31.6 Å². The Bertz CT molecular complexity index is 351. The van der Waals surface area contributed by atoms with Gasteiger partial charge in [0.15, 0.2) is 0 Å². The van der Waals surface area contributed by atoms with Gasteiger partial charge in [-0.3, -0.25) is 4.98 Å². The van der Waals surface area contributed by atoms with Gasteiger partial charge in [-0.25, -0.2) is 0 Å². The molecule has 1 aromatic heterocycles. The summed E-state index contributed by atoms with van der Waals surface area (Å²) >= 11 is 0. The predicted octanol–water partition coefficient (Wildman–Crippen LogP) is 2.43. The van der Waals surface area contributed by atoms with E-state index in [1.54, 1.807) is 0 Å². The SMILES string of the molecule is CCNCc1cc(N2CCC(CC)C2)ccn1. The van der Waals surface area contributed by atoms with Crippen LogP contribution in [0.2, 0.25) is 0 Å². The van der Waals surface area contributed by atoms with Gasteiger partial charge in [-0.1, -0.05) is 20.3 Å². The summed E-state index contributed by atoms with van der Waals surface area (Å²) in [5.74, 6) is 0.875. The van der Waals surface area contributed by atoms with E-state index in [4.69, 9.17) is 0 Å². The van der Waals surface area contributed by atoms with Crippen LogP contribution in [0.15, 0.2) is 18.3 Å². The summed E-state index contributed by atoms with van der Waals surface area (Å²) in [4.78, 5) is 6.89. The van der Waals surface area contributed by atoms with Gasteiger partial charge in [0, 0.05) is 31.5 Å². The monoisotopic (exact) mass is 233 g/mol. The normalized spacial score (nSPS) is 19.9. The van der Waals surface area contributed by atoms with E-state index in [1.807, 2.05) is 6.20 Å². The molecule has 0 radical (unpaired) electrons. The molecule has 0 spiro atoms. The zero-order valence-electron chi connectivity index (χ0n) is 10.9. The Morgan fingerprint density at radius 1 is 1.47 bits per heavy atom. The molecule has 0 aliphatic carbocycles. The maximum atomic E-state index is 4.40. The van der Waals surface area contributed by atoms with Gasteiger partial charge in [-0.05, 0) is 31.0 Å². The molecule has 0 aromatic carbocycles. The third-order valence-electron chi connectivity index (χ3n) is 3.58. The molecule has 3 heteroatoms. The number of nitrogens with one attached hydrogen (secondary N) is 1. The Hall–Kier alpha value is -1.09. The van der Waals surface area contributed by atoms with E-state index < -0.39 is 0 Å². The van der Waals surface area contributed by atoms with Crippen molar-refractivity contribution in [3.8, 4) is 0 Å². The van der Waals surface area contributed by atoms with Crippen molar-refractivity contribution >= 4 is 5.69 Å². The van der Waals surface area contributed by atoms with Gasteiger partial charge in [0.1, 0.15) is 0 Å². The number of nitrogens with zero attached hydrogens (tertiary/aromatic N) is 2. The summed E-state index contributed by atoms with van der Waals surface area (Å²) in [5, 5.41) is 3.32. The lowest BCUT2D eigenvalue weighted by Gasteiger charge is -2.19. The highest BCUT2D eigenvalue weighted by Gasteiger charge is 2.21. The van der Waals surface area contributed by atoms with Crippen molar-refractivity contribution in [3.63, 3.8) is 0 Å². The second-order valence-electron chi connectivity index (χ2n) is 4.79. The summed E-state index contributed by atoms with van der Waals surface area (Å²) in [6.07, 6.45) is 4.56. The summed E-state index contributed by atoms with van der Waals surface area (Å²) in [7, 11) is 0. The number of pyridine rings is 1. The van der Waals surface area contributed by atoms with Crippen molar-refractivity contribution in [2.24, 2.45) is 5.92 Å². The minimum atomic E-state index is 0.870. The fourth-order valence-electron chi connectivity index (χ4n) is 2.41. The molecule has 1 N–H and O–H groups in total. The number of hydrogen-bond acceptors (Lipinski definition) is 3. The first-order valence-electron chi connectivity index (χ1n) is 6.74. The maximum absolute atomic E-state index is 4.40. The Labute approximate surface area is 104 Å². The van der Waals surface area contributed by atoms with Crippen molar-refractivity contribution in [2.45, 2.75) is 33.2 Å². The molecular weight excluding hydrogens is 210 g/mol. The summed E-state index contributed by atoms with van der Waals surface area (Å²) in [5.41, 5.74) is 2.48. The van der Waals surface area contributed by atoms with Gasteiger partial charge in [-0.2, -0.15) is 0 Å². The van der Waals surface area contributed by atoms with Crippen molar-refractivity contribution in [1.29, 1.82) is 0 Å². The van der Waals surface area contributed by atoms with Crippen LogP contribution in [0, 0.1) is 5.92 Å². The molecule has 0 bridgehead atoms. The van der Waals surface area contributed by atoms with Crippen LogP contribution in [-0.2, 0) is 6.54 Å². The third kappa shape index (κ3) is 3.19. The molecule has 1 unspecified atom stereocenters. The van der Waals surface area contributed by atoms with Crippen LogP contribution in [0.3, 0.4) is 0 Å². The van der Waals surface area contributed by atoms with Crippen LogP contribution in [-0.4, -0.2) is 24.6 Å². The van der Waals surface area contributed by atoms with E-state index in [9.17, 15) is 0 Å². The number of aromatic nitrogens is 1. The lowest BCUT2D eigenvalue weighted by molar-refractivity contribution is 0.569. The van der Waals surface area contributed by atoms with E-state index >= 15 is 0 Å². The van der Waals surface area contributed by atoms with Gasteiger partial charge in [-0.15, -0.1) is 0 Å². The van der Waals surface area contributed by atoms with E-state index in [0.29, 0.717) is 0 Å². The fourth-order valence-corrected chi connectivity index (χ4v) is 2.41. The van der Waals surface area contributed by atoms with Crippen molar-refractivity contribution in [1.82, 2.24) is 10.3 Å². The quantitative estimate of drug-likeness (QED) is 0.846. The van der Waals surface area contributed by atoms with Crippen molar-refractivity contribution in [3.05, 3.63) is 24.0 Å². The second kappa shape index (κ2) is 6.01. The van der Waals surface area contributed by atoms with Gasteiger partial charge in [0.05, 0.1) is 5.69 Å². The molecule has 1 aliphatic rings. The molecule has 1 aliphatic heterocycles. The molecule has 1 fully saturated rings. The second-order valence-corrected chi connectivity index (χ2v) is 4.79. The minimum absolute atomic E-state index is 0.870. The Morgan fingerprint density at radius 3 is 3.06 bits per heavy atom. The minimum Gasteiger partial charge on any atom is -0.371 e. The van der Waals surface area contributed by atoms with Crippen LogP contribution in [0.5, 0.6) is 0 Å². The standard InChI is InChI=1S/C14H23N3/c1-3-12-6-8-17(11-12)14-5-7-16-13(9-14)10-15-4-2/h5,7,9,12,15H,3-4,6,8,10-11H2,1-2H3. The van der Waals surface area contributed by atoms with Gasteiger partial charge >= 0.3 is 0 Å². The smallest absolute Gasteiger partial charge is 0.0562 e. The zero-order chi connectivity index (χ0) is 12.1. The average Bonchev–Trinajstić information content (AvgIpc) is 2.85. The topological polar surface area (TPSA) is 28.2 Å². The van der Waals surface area contributed by atoms with Crippen LogP contribution in [0.1, 0.15) is 32.4 Å². The largest absolute Gasteiger partial charge is 0.371 e. The molecule has 1 aromatic rings. The highest BCUT2D eigenvalue weighted by molar-refractivity contribution is 5.47. The van der Waals surface area contributed by atoms with Crippen LogP contribution in [0.4, 0.5) is 5.69 Å². The highest BCUT2D eigenvalue weighted by atomic mass is 15.2. The lowest BCUT2D eigenvalue weighted by Crippen LogP contribution is -2.20. The predicted molar refractivity (Wildman–Crippen MR) is 72.2 cm³/mol. The number of rotatable bonds is 5. The zero-order valence-corrected chi connectivity index (χ0v) is 10.9. The van der Waals surface area contributed by atoms with E-state index in [0.717, 1.165) is 24.7 Å². The lowest BCUT2D eigenvalue weighted by atomic mass is 10.1. The maximum Gasteiger partial charge on any atom is 0.0562 e. The van der Waals surface area contributed by atoms with E-state index in [-0.39, 0.29) is 0 Å². The van der Waals surface area contributed by atoms with Crippen molar-refractivity contribution in [2.75, 3.05) is 24.5 Å². The molecule has 0 saturated carbocycles. The molecule has 1 saturated heterocycles. The third-order valence-corrected chi connectivity index (χ3v) is 3.58. The van der Waals surface area contributed by atoms with Crippen LogP contribution < -0.4 is 10.2 Å². The number of anilines is 1. The van der Waals surface area contributed by atoms with Gasteiger partial charge in [0.25, 0.3) is 0 Å². The van der Waals surface area contributed by atoms with Gasteiger partial charge in [0.2, 0.25) is 0 Å². The summed E-state index contributed by atoms with van der Waals surface area (Å²) in [6, 6.07) is 4.36. The Morgan fingerprint density at radius 2 is 2.35 bits per heavy atom.